The van der Waals surface area contributed by atoms with Gasteiger partial charge in [0.15, 0.2) is 0 Å². The van der Waals surface area contributed by atoms with Crippen LogP contribution in [0.4, 0.5) is 0 Å². The first-order valence-corrected chi connectivity index (χ1v) is 5.73. The van der Waals surface area contributed by atoms with Gasteiger partial charge in [-0.15, -0.1) is 0 Å². The Balaban J connectivity index is 2.45. The Morgan fingerprint density at radius 1 is 1.27 bits per heavy atom. The van der Waals surface area contributed by atoms with Gasteiger partial charge in [-0.1, -0.05) is 13.3 Å². The van der Waals surface area contributed by atoms with Gasteiger partial charge in [-0.25, -0.2) is 0 Å². The molecule has 0 radical (unpaired) electrons. The molecule has 1 aliphatic heterocycles. The van der Waals surface area contributed by atoms with Crippen LogP contribution in [0.2, 0.25) is 0 Å². The van der Waals surface area contributed by atoms with Gasteiger partial charge >= 0.3 is 0 Å². The Bertz CT molecular complexity index is 207. The van der Waals surface area contributed by atoms with E-state index in [1.807, 2.05) is 0 Å². The minimum Gasteiger partial charge on any atom is -0.396 e. The van der Waals surface area contributed by atoms with E-state index in [2.05, 4.69) is 22.9 Å². The number of nitrogens with zero attached hydrogens (tertiary/aromatic N) is 2. The van der Waals surface area contributed by atoms with Crippen LogP contribution in [0.1, 0.15) is 26.2 Å². The first kappa shape index (κ1) is 12.3. The Morgan fingerprint density at radius 2 is 2.07 bits per heavy atom. The number of hydrogen-bond donors (Lipinski definition) is 2. The van der Waals surface area contributed by atoms with Gasteiger partial charge in [0, 0.05) is 38.0 Å². The Labute approximate surface area is 91.8 Å². The summed E-state index contributed by atoms with van der Waals surface area (Å²) in [5.74, 6) is 0. The lowest BCUT2D eigenvalue weighted by atomic mass is 10.3. The SMILES string of the molecule is CCCCN1CN(CCO)C=C1CCO. The van der Waals surface area contributed by atoms with Crippen LogP contribution >= 0.6 is 0 Å². The van der Waals surface area contributed by atoms with E-state index in [0.717, 1.165) is 13.2 Å². The molecule has 0 aromatic rings. The highest BCUT2D eigenvalue weighted by molar-refractivity contribution is 5.06. The molecular weight excluding hydrogens is 192 g/mol. The molecule has 0 aliphatic carbocycles. The van der Waals surface area contributed by atoms with Crippen molar-refractivity contribution < 1.29 is 10.2 Å². The molecule has 2 N–H and O–H groups in total. The number of unbranched alkanes of at least 4 members (excludes halogenated alkanes) is 1. The van der Waals surface area contributed by atoms with Gasteiger partial charge in [0.1, 0.15) is 0 Å². The third-order valence-electron chi connectivity index (χ3n) is 2.63. The van der Waals surface area contributed by atoms with E-state index in [9.17, 15) is 0 Å². The summed E-state index contributed by atoms with van der Waals surface area (Å²) >= 11 is 0. The van der Waals surface area contributed by atoms with Gasteiger partial charge in [-0.2, -0.15) is 0 Å². The van der Waals surface area contributed by atoms with Gasteiger partial charge in [0.05, 0.1) is 13.3 Å². The average Bonchev–Trinajstić information content (AvgIpc) is 2.59. The van der Waals surface area contributed by atoms with Crippen LogP contribution in [0.25, 0.3) is 0 Å². The second-order valence-corrected chi connectivity index (χ2v) is 3.89. The molecule has 4 nitrogen and oxygen atoms in total. The first-order valence-electron chi connectivity index (χ1n) is 5.73. The van der Waals surface area contributed by atoms with Gasteiger partial charge < -0.3 is 20.0 Å². The molecule has 1 rings (SSSR count). The number of hydrogen-bond acceptors (Lipinski definition) is 4. The number of aliphatic hydroxyl groups excluding tert-OH is 2. The lowest BCUT2D eigenvalue weighted by Gasteiger charge is -2.23. The van der Waals surface area contributed by atoms with Crippen molar-refractivity contribution in [3.05, 3.63) is 11.9 Å². The third kappa shape index (κ3) is 3.72. The molecule has 0 saturated carbocycles. The van der Waals surface area contributed by atoms with Gasteiger partial charge in [-0.3, -0.25) is 0 Å². The van der Waals surface area contributed by atoms with Crippen molar-refractivity contribution in [2.24, 2.45) is 0 Å². The molecule has 1 heterocycles. The fourth-order valence-corrected chi connectivity index (χ4v) is 1.81. The number of β-amino-alcohol motifs (C(OH)–C–C–N with tert-alkyl or cyclic N) is 1. The lowest BCUT2D eigenvalue weighted by molar-refractivity contribution is 0.196. The summed E-state index contributed by atoms with van der Waals surface area (Å²) in [5, 5.41) is 17.8. The van der Waals surface area contributed by atoms with E-state index < -0.39 is 0 Å². The van der Waals surface area contributed by atoms with Gasteiger partial charge in [-0.05, 0) is 6.42 Å². The summed E-state index contributed by atoms with van der Waals surface area (Å²) in [6, 6.07) is 0. The standard InChI is InChI=1S/C11H22N2O2/c1-2-3-5-13-10-12(6-8-15)9-11(13)4-7-14/h9,14-15H,2-8,10H2,1H3. The van der Waals surface area contributed by atoms with Crippen molar-refractivity contribution in [2.75, 3.05) is 33.0 Å². The molecule has 0 spiro atoms. The number of aliphatic hydroxyl groups is 2. The summed E-state index contributed by atoms with van der Waals surface area (Å²) < 4.78 is 0. The van der Waals surface area contributed by atoms with Crippen LogP contribution in [0, 0.1) is 0 Å². The van der Waals surface area contributed by atoms with Crippen molar-refractivity contribution in [1.82, 2.24) is 9.80 Å². The molecular formula is C11H22N2O2. The summed E-state index contributed by atoms with van der Waals surface area (Å²) in [6.45, 7) is 5.14. The molecule has 0 fully saturated rings. The second kappa shape index (κ2) is 6.69. The van der Waals surface area contributed by atoms with Crippen LogP contribution in [-0.4, -0.2) is 53.0 Å². The van der Waals surface area contributed by atoms with Crippen LogP contribution in [0.15, 0.2) is 11.9 Å². The minimum absolute atomic E-state index is 0.185. The van der Waals surface area contributed by atoms with Crippen molar-refractivity contribution in [3.8, 4) is 0 Å². The second-order valence-electron chi connectivity index (χ2n) is 3.89. The molecule has 0 saturated heterocycles. The number of rotatable bonds is 7. The van der Waals surface area contributed by atoms with Gasteiger partial charge in [0.25, 0.3) is 0 Å². The maximum Gasteiger partial charge on any atom is 0.0897 e. The van der Waals surface area contributed by atoms with Crippen LogP contribution < -0.4 is 0 Å². The van der Waals surface area contributed by atoms with E-state index in [-0.39, 0.29) is 13.2 Å². The quantitative estimate of drug-likeness (QED) is 0.651. The molecule has 15 heavy (non-hydrogen) atoms. The highest BCUT2D eigenvalue weighted by Gasteiger charge is 2.18. The average molecular weight is 214 g/mol. The van der Waals surface area contributed by atoms with E-state index in [4.69, 9.17) is 10.2 Å². The van der Waals surface area contributed by atoms with E-state index >= 15 is 0 Å². The molecule has 0 unspecified atom stereocenters. The molecule has 0 aromatic heterocycles. The predicted octanol–water partition coefficient (Wildman–Crippen LogP) is 0.578. The fourth-order valence-electron chi connectivity index (χ4n) is 1.81. The largest absolute Gasteiger partial charge is 0.396 e. The van der Waals surface area contributed by atoms with Crippen molar-refractivity contribution in [3.63, 3.8) is 0 Å². The predicted molar refractivity (Wildman–Crippen MR) is 60.1 cm³/mol. The van der Waals surface area contributed by atoms with E-state index in [1.165, 1.54) is 18.5 Å². The first-order chi connectivity index (χ1) is 7.31. The molecule has 0 atom stereocenters. The molecule has 0 aromatic carbocycles. The fraction of sp³-hybridized carbons (Fsp3) is 0.818. The summed E-state index contributed by atoms with van der Waals surface area (Å²) in [6.07, 6.45) is 5.13. The molecule has 0 amide bonds. The molecule has 4 heteroatoms. The van der Waals surface area contributed by atoms with Crippen molar-refractivity contribution in [2.45, 2.75) is 26.2 Å². The summed E-state index contributed by atoms with van der Waals surface area (Å²) in [5.41, 5.74) is 1.19. The minimum atomic E-state index is 0.185. The van der Waals surface area contributed by atoms with E-state index in [0.29, 0.717) is 13.0 Å². The van der Waals surface area contributed by atoms with E-state index in [1.54, 1.807) is 0 Å². The topological polar surface area (TPSA) is 46.9 Å². The Morgan fingerprint density at radius 3 is 2.67 bits per heavy atom. The molecule has 88 valence electrons. The maximum atomic E-state index is 8.95. The Hall–Kier alpha value is -0.740. The van der Waals surface area contributed by atoms with Gasteiger partial charge in [0.2, 0.25) is 0 Å². The van der Waals surface area contributed by atoms with Crippen LogP contribution in [0.5, 0.6) is 0 Å². The van der Waals surface area contributed by atoms with Crippen LogP contribution in [-0.2, 0) is 0 Å². The molecule has 0 bridgehead atoms. The van der Waals surface area contributed by atoms with Crippen molar-refractivity contribution in [1.29, 1.82) is 0 Å². The monoisotopic (exact) mass is 214 g/mol. The lowest BCUT2D eigenvalue weighted by Crippen LogP contribution is -2.29. The normalized spacial score (nSPS) is 16.1. The zero-order valence-corrected chi connectivity index (χ0v) is 9.52. The smallest absolute Gasteiger partial charge is 0.0897 e. The summed E-state index contributed by atoms with van der Waals surface area (Å²) in [7, 11) is 0. The van der Waals surface area contributed by atoms with Crippen LogP contribution in [0.3, 0.4) is 0 Å². The van der Waals surface area contributed by atoms with Crippen molar-refractivity contribution >= 4 is 0 Å². The maximum absolute atomic E-state index is 8.95. The highest BCUT2D eigenvalue weighted by Crippen LogP contribution is 2.18. The zero-order chi connectivity index (χ0) is 11.1. The Kier molecular flexibility index (Phi) is 5.50. The summed E-state index contributed by atoms with van der Waals surface area (Å²) in [4.78, 5) is 4.38. The highest BCUT2D eigenvalue weighted by atomic mass is 16.3. The third-order valence-corrected chi connectivity index (χ3v) is 2.63. The molecule has 1 aliphatic rings. The zero-order valence-electron chi connectivity index (χ0n) is 9.52.